The zero-order valence-electron chi connectivity index (χ0n) is 21.2. The topological polar surface area (TPSA) is 143 Å². The number of hydrogen-bond acceptors (Lipinski definition) is 11. The van der Waals surface area contributed by atoms with Gasteiger partial charge in [0.1, 0.15) is 28.5 Å². The van der Waals surface area contributed by atoms with Crippen molar-refractivity contribution in [2.24, 2.45) is 0 Å². The van der Waals surface area contributed by atoms with Crippen molar-refractivity contribution in [2.75, 3.05) is 26.1 Å². The Balaban J connectivity index is 1.82. The van der Waals surface area contributed by atoms with Gasteiger partial charge in [-0.2, -0.15) is 0 Å². The first-order valence-corrected chi connectivity index (χ1v) is 13.5. The van der Waals surface area contributed by atoms with Crippen LogP contribution in [0.25, 0.3) is 16.5 Å². The van der Waals surface area contributed by atoms with Crippen LogP contribution in [0, 0.1) is 13.8 Å². The van der Waals surface area contributed by atoms with Gasteiger partial charge in [0.2, 0.25) is 16.0 Å². The Labute approximate surface area is 218 Å². The number of para-hydroxylation sites is 1. The lowest BCUT2D eigenvalue weighted by Gasteiger charge is -2.22. The maximum atomic E-state index is 13.6. The Hall–Kier alpha value is -3.62. The highest BCUT2D eigenvalue weighted by Gasteiger charge is 2.35. The van der Waals surface area contributed by atoms with E-state index in [9.17, 15) is 8.42 Å². The summed E-state index contributed by atoms with van der Waals surface area (Å²) < 4.78 is 47.9. The van der Waals surface area contributed by atoms with Gasteiger partial charge in [0.15, 0.2) is 16.7 Å². The van der Waals surface area contributed by atoms with Crippen molar-refractivity contribution in [1.82, 2.24) is 29.7 Å². The second kappa shape index (κ2) is 10.8. The molecule has 3 aromatic heterocycles. The number of aromatic nitrogens is 6. The molecule has 196 valence electrons. The highest BCUT2D eigenvalue weighted by Crippen LogP contribution is 2.38. The average Bonchev–Trinajstić information content (AvgIpc) is 3.50. The van der Waals surface area contributed by atoms with Gasteiger partial charge in [-0.05, 0) is 38.5 Å². The summed E-state index contributed by atoms with van der Waals surface area (Å²) in [6, 6.07) is 5.21. The van der Waals surface area contributed by atoms with E-state index in [4.69, 9.17) is 14.2 Å². The minimum absolute atomic E-state index is 0.0721. The molecule has 1 unspecified atom stereocenters. The van der Waals surface area contributed by atoms with Crippen molar-refractivity contribution in [1.29, 1.82) is 0 Å². The van der Waals surface area contributed by atoms with Crippen molar-refractivity contribution >= 4 is 27.3 Å². The number of thiazole rings is 1. The Kier molecular flexibility index (Phi) is 7.71. The molecule has 0 amide bonds. The number of benzene rings is 1. The van der Waals surface area contributed by atoms with E-state index in [0.717, 1.165) is 11.3 Å². The van der Waals surface area contributed by atoms with Crippen LogP contribution >= 0.6 is 11.3 Å². The molecule has 0 fully saturated rings. The predicted molar refractivity (Wildman–Crippen MR) is 139 cm³/mol. The highest BCUT2D eigenvalue weighted by atomic mass is 32.2. The van der Waals surface area contributed by atoms with Crippen LogP contribution in [0.4, 0.5) is 5.95 Å². The maximum absolute atomic E-state index is 13.6. The number of nitrogens with one attached hydrogen (secondary N) is 1. The summed E-state index contributed by atoms with van der Waals surface area (Å²) in [5.41, 5.74) is 2.05. The first-order valence-electron chi connectivity index (χ1n) is 11.1. The van der Waals surface area contributed by atoms with Crippen molar-refractivity contribution < 1.29 is 22.6 Å². The number of aryl methyl sites for hydroxylation is 2. The van der Waals surface area contributed by atoms with Gasteiger partial charge in [-0.3, -0.25) is 9.29 Å². The van der Waals surface area contributed by atoms with Gasteiger partial charge in [-0.25, -0.2) is 23.4 Å². The largest absolute Gasteiger partial charge is 0.494 e. The highest BCUT2D eigenvalue weighted by molar-refractivity contribution is 7.93. The third-order valence-corrected chi connectivity index (χ3v) is 8.21. The molecule has 0 saturated carbocycles. The summed E-state index contributed by atoms with van der Waals surface area (Å²) in [4.78, 5) is 13.0. The minimum Gasteiger partial charge on any atom is -0.494 e. The normalized spacial score (nSPS) is 13.2. The van der Waals surface area contributed by atoms with E-state index in [-0.39, 0.29) is 11.8 Å². The number of ether oxygens (including phenoxy) is 3. The number of methoxy groups -OCH3 is 3. The van der Waals surface area contributed by atoms with Crippen LogP contribution in [0.5, 0.6) is 11.5 Å². The van der Waals surface area contributed by atoms with Gasteiger partial charge in [0.25, 0.3) is 0 Å². The van der Waals surface area contributed by atoms with Gasteiger partial charge < -0.3 is 14.2 Å². The molecule has 1 aromatic carbocycles. The molecule has 14 heteroatoms. The Morgan fingerprint density at radius 2 is 1.68 bits per heavy atom. The zero-order valence-corrected chi connectivity index (χ0v) is 22.8. The van der Waals surface area contributed by atoms with E-state index in [0.29, 0.717) is 28.0 Å². The quantitative estimate of drug-likeness (QED) is 0.315. The summed E-state index contributed by atoms with van der Waals surface area (Å²) in [7, 11) is 0.327. The van der Waals surface area contributed by atoms with Gasteiger partial charge in [0, 0.05) is 30.6 Å². The molecule has 4 aromatic rings. The van der Waals surface area contributed by atoms with Crippen molar-refractivity contribution in [3.05, 3.63) is 53.1 Å². The fraction of sp³-hybridized carbons (Fsp3) is 0.348. The first kappa shape index (κ1) is 26.4. The van der Waals surface area contributed by atoms with E-state index in [1.807, 2.05) is 19.2 Å². The summed E-state index contributed by atoms with van der Waals surface area (Å²) >= 11 is 1.35. The van der Waals surface area contributed by atoms with Crippen LogP contribution in [-0.2, 0) is 14.8 Å². The molecule has 0 aliphatic carbocycles. The molecule has 2 atom stereocenters. The molecule has 0 bridgehead atoms. The molecule has 0 radical (unpaired) electrons. The van der Waals surface area contributed by atoms with E-state index < -0.39 is 21.4 Å². The second-order valence-electron chi connectivity index (χ2n) is 8.11. The van der Waals surface area contributed by atoms with Gasteiger partial charge in [-0.1, -0.05) is 6.07 Å². The van der Waals surface area contributed by atoms with Crippen molar-refractivity contribution in [3.63, 3.8) is 0 Å². The molecule has 0 spiro atoms. The molecule has 3 heterocycles. The summed E-state index contributed by atoms with van der Waals surface area (Å²) in [5, 5.41) is 9.76. The smallest absolute Gasteiger partial charge is 0.243 e. The van der Waals surface area contributed by atoms with Crippen LogP contribution in [0.15, 0.2) is 36.0 Å². The molecular formula is C23H27N7O5S2. The lowest BCUT2D eigenvalue weighted by atomic mass is 10.2. The van der Waals surface area contributed by atoms with Crippen molar-refractivity contribution in [3.8, 4) is 28.0 Å². The van der Waals surface area contributed by atoms with Crippen LogP contribution in [0.2, 0.25) is 0 Å². The van der Waals surface area contributed by atoms with E-state index in [2.05, 4.69) is 29.9 Å². The van der Waals surface area contributed by atoms with E-state index >= 15 is 0 Å². The fourth-order valence-corrected chi connectivity index (χ4v) is 5.55. The average molecular weight is 546 g/mol. The number of anilines is 1. The fourth-order valence-electron chi connectivity index (χ4n) is 3.65. The maximum Gasteiger partial charge on any atom is 0.243 e. The molecule has 0 aliphatic rings. The summed E-state index contributed by atoms with van der Waals surface area (Å²) in [6.07, 6.45) is 2.28. The van der Waals surface area contributed by atoms with Gasteiger partial charge >= 0.3 is 0 Å². The zero-order chi connectivity index (χ0) is 26.7. The molecule has 37 heavy (non-hydrogen) atoms. The number of hydrogen-bond donors (Lipinski definition) is 1. The predicted octanol–water partition coefficient (Wildman–Crippen LogP) is 3.33. The monoisotopic (exact) mass is 545 g/mol. The third-order valence-electron chi connectivity index (χ3n) is 5.56. The Morgan fingerprint density at radius 3 is 2.22 bits per heavy atom. The lowest BCUT2D eigenvalue weighted by Crippen LogP contribution is -2.33. The van der Waals surface area contributed by atoms with E-state index in [1.54, 1.807) is 30.6 Å². The van der Waals surface area contributed by atoms with Crippen molar-refractivity contribution in [2.45, 2.75) is 32.1 Å². The standard InChI is InChI=1S/C23H27N7O5S2/c1-13-10-24-20(25-11-13)19(35-6)15(3)37(31,32)29-23-28-27-21(22-26-14(2)12-36-22)30(23)18-16(33-4)8-7-9-17(18)34-5/h7-12,15,19H,1-6H3,(H,28,29)/t15-,19?/m0/s1. The Bertz CT molecular complexity index is 1460. The van der Waals surface area contributed by atoms with Crippen LogP contribution < -0.4 is 14.2 Å². The number of sulfonamides is 1. The Morgan fingerprint density at radius 1 is 1.03 bits per heavy atom. The van der Waals surface area contributed by atoms with Crippen LogP contribution in [0.1, 0.15) is 30.1 Å². The summed E-state index contributed by atoms with van der Waals surface area (Å²) in [6.45, 7) is 5.21. The molecular weight excluding hydrogens is 518 g/mol. The van der Waals surface area contributed by atoms with Gasteiger partial charge in [0.05, 0.1) is 14.2 Å². The molecule has 0 aliphatic heterocycles. The summed E-state index contributed by atoms with van der Waals surface area (Å²) in [5.74, 6) is 1.33. The van der Waals surface area contributed by atoms with Crippen LogP contribution in [0.3, 0.4) is 0 Å². The number of rotatable bonds is 10. The second-order valence-corrected chi connectivity index (χ2v) is 11.0. The molecule has 0 saturated heterocycles. The van der Waals surface area contributed by atoms with E-state index in [1.165, 1.54) is 44.2 Å². The SMILES string of the molecule is COc1cccc(OC)c1-n1c(NS(=O)(=O)[C@@H](C)C(OC)c2ncc(C)cn2)nnc1-c1nc(C)cs1. The van der Waals surface area contributed by atoms with Gasteiger partial charge in [-0.15, -0.1) is 21.5 Å². The molecule has 4 rings (SSSR count). The number of nitrogens with zero attached hydrogens (tertiary/aromatic N) is 6. The molecule has 1 N–H and O–H groups in total. The third kappa shape index (κ3) is 5.26. The first-order chi connectivity index (χ1) is 17.7. The minimum atomic E-state index is -4.09. The molecule has 12 nitrogen and oxygen atoms in total. The van der Waals surface area contributed by atoms with Crippen LogP contribution in [-0.4, -0.2) is 64.7 Å². The lowest BCUT2D eigenvalue weighted by molar-refractivity contribution is 0.0949.